The minimum Gasteiger partial charge on any atom is -0.305 e. The molecule has 17 heavy (non-hydrogen) atoms. The summed E-state index contributed by atoms with van der Waals surface area (Å²) in [5.41, 5.74) is 0.741. The Morgan fingerprint density at radius 2 is 2.18 bits per heavy atom. The average Bonchev–Trinajstić information content (AvgIpc) is 2.70. The first kappa shape index (κ1) is 11.6. The Bertz CT molecular complexity index is 567. The number of nitro groups is 1. The summed E-state index contributed by atoms with van der Waals surface area (Å²) in [4.78, 5) is 10.3. The lowest BCUT2D eigenvalue weighted by molar-refractivity contribution is -0.384. The second-order valence-corrected chi connectivity index (χ2v) is 4.15. The monoisotopic (exact) mass is 250 g/mol. The van der Waals surface area contributed by atoms with Crippen LogP contribution in [0.25, 0.3) is 11.4 Å². The van der Waals surface area contributed by atoms with Gasteiger partial charge in [-0.15, -0.1) is 10.2 Å². The van der Waals surface area contributed by atoms with Gasteiger partial charge in [-0.05, 0) is 6.26 Å². The molecular formula is C10H10N4O2S. The molecule has 2 rings (SSSR count). The van der Waals surface area contributed by atoms with Gasteiger partial charge in [-0.2, -0.15) is 0 Å². The molecule has 0 saturated carbocycles. The predicted molar refractivity (Wildman–Crippen MR) is 64.9 cm³/mol. The third-order valence-electron chi connectivity index (χ3n) is 2.33. The number of rotatable bonds is 3. The number of benzene rings is 1. The molecule has 6 nitrogen and oxygen atoms in total. The van der Waals surface area contributed by atoms with E-state index in [2.05, 4.69) is 10.2 Å². The zero-order valence-corrected chi connectivity index (χ0v) is 10.1. The van der Waals surface area contributed by atoms with Gasteiger partial charge >= 0.3 is 0 Å². The number of thioether (sulfide) groups is 1. The Balaban J connectivity index is 2.49. The zero-order chi connectivity index (χ0) is 12.4. The summed E-state index contributed by atoms with van der Waals surface area (Å²) in [5, 5.41) is 19.5. The van der Waals surface area contributed by atoms with E-state index in [1.807, 2.05) is 17.9 Å². The Labute approximate surface area is 102 Å². The highest BCUT2D eigenvalue weighted by Crippen LogP contribution is 2.24. The van der Waals surface area contributed by atoms with Gasteiger partial charge in [0.15, 0.2) is 11.0 Å². The SMILES string of the molecule is CSc1nnc(-c2cccc([N+](=O)[O-])c2)n1C. The smallest absolute Gasteiger partial charge is 0.270 e. The van der Waals surface area contributed by atoms with Crippen molar-refractivity contribution >= 4 is 17.4 Å². The fourth-order valence-corrected chi connectivity index (χ4v) is 1.99. The number of nitro benzene ring substituents is 1. The van der Waals surface area contributed by atoms with Gasteiger partial charge in [-0.3, -0.25) is 10.1 Å². The molecule has 1 aromatic heterocycles. The minimum atomic E-state index is -0.421. The number of nitrogens with zero attached hydrogens (tertiary/aromatic N) is 4. The van der Waals surface area contributed by atoms with E-state index >= 15 is 0 Å². The Hall–Kier alpha value is -1.89. The Morgan fingerprint density at radius 1 is 1.41 bits per heavy atom. The molecule has 88 valence electrons. The molecule has 0 atom stereocenters. The van der Waals surface area contributed by atoms with Gasteiger partial charge in [0.25, 0.3) is 5.69 Å². The molecule has 0 aliphatic carbocycles. The Morgan fingerprint density at radius 3 is 2.76 bits per heavy atom. The quantitative estimate of drug-likeness (QED) is 0.474. The molecule has 0 aliphatic rings. The van der Waals surface area contributed by atoms with Crippen LogP contribution in [-0.4, -0.2) is 25.9 Å². The van der Waals surface area contributed by atoms with Crippen molar-refractivity contribution in [3.05, 3.63) is 34.4 Å². The van der Waals surface area contributed by atoms with Crippen LogP contribution in [0.4, 0.5) is 5.69 Å². The van der Waals surface area contributed by atoms with Crippen molar-refractivity contribution in [2.45, 2.75) is 5.16 Å². The van der Waals surface area contributed by atoms with Crippen LogP contribution < -0.4 is 0 Å². The number of non-ortho nitro benzene ring substituents is 1. The summed E-state index contributed by atoms with van der Waals surface area (Å²) in [5.74, 6) is 0.623. The van der Waals surface area contributed by atoms with E-state index in [0.717, 1.165) is 5.16 Å². The van der Waals surface area contributed by atoms with Crippen molar-refractivity contribution in [2.75, 3.05) is 6.26 Å². The van der Waals surface area contributed by atoms with Crippen molar-refractivity contribution in [3.8, 4) is 11.4 Å². The van der Waals surface area contributed by atoms with Crippen LogP contribution >= 0.6 is 11.8 Å². The van der Waals surface area contributed by atoms with Crippen molar-refractivity contribution < 1.29 is 4.92 Å². The molecule has 0 unspecified atom stereocenters. The minimum absolute atomic E-state index is 0.0520. The summed E-state index contributed by atoms with van der Waals surface area (Å²) in [6.45, 7) is 0. The first-order chi connectivity index (χ1) is 8.13. The topological polar surface area (TPSA) is 73.8 Å². The molecule has 0 saturated heterocycles. The van der Waals surface area contributed by atoms with Crippen LogP contribution in [0.3, 0.4) is 0 Å². The fraction of sp³-hybridized carbons (Fsp3) is 0.200. The summed E-state index contributed by atoms with van der Waals surface area (Å²) in [7, 11) is 1.83. The maximum absolute atomic E-state index is 10.7. The lowest BCUT2D eigenvalue weighted by Crippen LogP contribution is -1.95. The van der Waals surface area contributed by atoms with Crippen LogP contribution in [0.1, 0.15) is 0 Å². The molecule has 0 spiro atoms. The van der Waals surface area contributed by atoms with Crippen LogP contribution in [0.2, 0.25) is 0 Å². The standard InChI is InChI=1S/C10H10N4O2S/c1-13-9(11-12-10(13)17-2)7-4-3-5-8(6-7)14(15)16/h3-6H,1-2H3. The van der Waals surface area contributed by atoms with Gasteiger partial charge in [0.1, 0.15) is 0 Å². The molecule has 1 aromatic carbocycles. The van der Waals surface area contributed by atoms with E-state index in [1.165, 1.54) is 23.9 Å². The van der Waals surface area contributed by atoms with E-state index in [9.17, 15) is 10.1 Å². The maximum Gasteiger partial charge on any atom is 0.270 e. The second-order valence-electron chi connectivity index (χ2n) is 3.38. The summed E-state index contributed by atoms with van der Waals surface area (Å²) >= 11 is 1.48. The van der Waals surface area contributed by atoms with Gasteiger partial charge in [0.05, 0.1) is 4.92 Å². The zero-order valence-electron chi connectivity index (χ0n) is 9.32. The third kappa shape index (κ3) is 2.14. The average molecular weight is 250 g/mol. The van der Waals surface area contributed by atoms with Crippen LogP contribution in [-0.2, 0) is 7.05 Å². The van der Waals surface area contributed by atoms with Crippen LogP contribution in [0.5, 0.6) is 0 Å². The van der Waals surface area contributed by atoms with Crippen LogP contribution in [0, 0.1) is 10.1 Å². The number of hydrogen-bond acceptors (Lipinski definition) is 5. The highest BCUT2D eigenvalue weighted by Gasteiger charge is 2.13. The molecule has 0 bridgehead atoms. The lowest BCUT2D eigenvalue weighted by atomic mass is 10.2. The number of hydrogen-bond donors (Lipinski definition) is 0. The first-order valence-electron chi connectivity index (χ1n) is 4.81. The van der Waals surface area contributed by atoms with Crippen molar-refractivity contribution in [3.63, 3.8) is 0 Å². The predicted octanol–water partition coefficient (Wildman–Crippen LogP) is 2.11. The van der Waals surface area contributed by atoms with Gasteiger partial charge in [-0.1, -0.05) is 23.9 Å². The molecule has 2 aromatic rings. The van der Waals surface area contributed by atoms with Crippen molar-refractivity contribution in [1.82, 2.24) is 14.8 Å². The lowest BCUT2D eigenvalue weighted by Gasteiger charge is -2.01. The normalized spacial score (nSPS) is 10.5. The van der Waals surface area contributed by atoms with E-state index in [-0.39, 0.29) is 5.69 Å². The molecule has 0 amide bonds. The maximum atomic E-state index is 10.7. The van der Waals surface area contributed by atoms with Crippen molar-refractivity contribution in [2.24, 2.45) is 7.05 Å². The van der Waals surface area contributed by atoms with Gasteiger partial charge < -0.3 is 4.57 Å². The summed E-state index contributed by atoms with van der Waals surface area (Å²) in [6.07, 6.45) is 1.90. The van der Waals surface area contributed by atoms with Crippen molar-refractivity contribution in [1.29, 1.82) is 0 Å². The third-order valence-corrected chi connectivity index (χ3v) is 3.05. The van der Waals surface area contributed by atoms with E-state index < -0.39 is 4.92 Å². The van der Waals surface area contributed by atoms with Gasteiger partial charge in [0, 0.05) is 24.7 Å². The first-order valence-corrected chi connectivity index (χ1v) is 6.04. The second kappa shape index (κ2) is 4.54. The fourth-order valence-electron chi connectivity index (χ4n) is 1.50. The van der Waals surface area contributed by atoms with Gasteiger partial charge in [-0.25, -0.2) is 0 Å². The molecule has 1 heterocycles. The van der Waals surface area contributed by atoms with Gasteiger partial charge in [0.2, 0.25) is 0 Å². The molecule has 7 heteroatoms. The highest BCUT2D eigenvalue weighted by molar-refractivity contribution is 7.98. The van der Waals surface area contributed by atoms with E-state index in [0.29, 0.717) is 11.4 Å². The molecule has 0 radical (unpaired) electrons. The molecule has 0 N–H and O–H groups in total. The molecule has 0 aliphatic heterocycles. The summed E-state index contributed by atoms with van der Waals surface area (Å²) in [6, 6.07) is 6.37. The van der Waals surface area contributed by atoms with Crippen LogP contribution in [0.15, 0.2) is 29.4 Å². The number of aromatic nitrogens is 3. The molecule has 0 fully saturated rings. The highest BCUT2D eigenvalue weighted by atomic mass is 32.2. The van der Waals surface area contributed by atoms with E-state index in [1.54, 1.807) is 12.1 Å². The summed E-state index contributed by atoms with van der Waals surface area (Å²) < 4.78 is 1.81. The molecular weight excluding hydrogens is 240 g/mol. The Kier molecular flexibility index (Phi) is 3.10. The largest absolute Gasteiger partial charge is 0.305 e. The van der Waals surface area contributed by atoms with E-state index in [4.69, 9.17) is 0 Å².